The third-order valence-corrected chi connectivity index (χ3v) is 3.57. The van der Waals surface area contributed by atoms with Gasteiger partial charge < -0.3 is 14.5 Å². The summed E-state index contributed by atoms with van der Waals surface area (Å²) in [5, 5.41) is 3.79. The molecule has 0 fully saturated rings. The maximum absolute atomic E-state index is 5.89. The van der Waals surface area contributed by atoms with E-state index in [-0.39, 0.29) is 6.04 Å². The van der Waals surface area contributed by atoms with Gasteiger partial charge in [0, 0.05) is 10.0 Å². The van der Waals surface area contributed by atoms with E-state index < -0.39 is 0 Å². The van der Waals surface area contributed by atoms with Crippen LogP contribution in [0.1, 0.15) is 31.2 Å². The van der Waals surface area contributed by atoms with Gasteiger partial charge in [0.05, 0.1) is 12.6 Å². The van der Waals surface area contributed by atoms with Crippen molar-refractivity contribution in [3.63, 3.8) is 0 Å². The molecule has 1 unspecified atom stereocenters. The van der Waals surface area contributed by atoms with Gasteiger partial charge in [0.15, 0.2) is 5.22 Å². The molecule has 1 aromatic carbocycles. The summed E-state index contributed by atoms with van der Waals surface area (Å²) in [6, 6.07) is 9.50. The number of furan rings is 1. The summed E-state index contributed by atoms with van der Waals surface area (Å²) in [7, 11) is 0. The smallest absolute Gasteiger partial charge is 0.193 e. The summed E-state index contributed by atoms with van der Waals surface area (Å²) >= 11 is 9.39. The Labute approximate surface area is 132 Å². The Morgan fingerprint density at radius 1 is 1.30 bits per heavy atom. The largest absolute Gasteiger partial charge is 0.494 e. The Balaban J connectivity index is 2.45. The van der Waals surface area contributed by atoms with E-state index >= 15 is 0 Å². The lowest BCUT2D eigenvalue weighted by Crippen LogP contribution is -2.22. The molecule has 2 aromatic rings. The molecule has 0 spiro atoms. The summed E-state index contributed by atoms with van der Waals surface area (Å²) in [5.41, 5.74) is 1.02. The lowest BCUT2D eigenvalue weighted by atomic mass is 10.0. The standard InChI is InChI=1S/C15H17BrClNO2/c1-3-18-15(13-7-8-14(17)20-13)11-9-10(16)5-6-12(11)19-4-2/h5-9,15,18H,3-4H2,1-2H3. The molecule has 2 rings (SSSR count). The molecule has 0 aliphatic rings. The predicted octanol–water partition coefficient (Wildman–Crippen LogP) is 4.79. The fourth-order valence-corrected chi connectivity index (χ4v) is 2.61. The molecule has 0 radical (unpaired) electrons. The Hall–Kier alpha value is -0.970. The number of nitrogens with one attached hydrogen (secondary N) is 1. The fourth-order valence-electron chi connectivity index (χ4n) is 2.08. The normalized spacial score (nSPS) is 12.4. The third kappa shape index (κ3) is 3.57. The Morgan fingerprint density at radius 2 is 2.10 bits per heavy atom. The summed E-state index contributed by atoms with van der Waals surface area (Å²) in [5.74, 6) is 1.62. The van der Waals surface area contributed by atoms with Gasteiger partial charge >= 0.3 is 0 Å². The van der Waals surface area contributed by atoms with Crippen LogP contribution in [0.15, 0.2) is 39.2 Å². The zero-order valence-corrected chi connectivity index (χ0v) is 13.8. The highest BCUT2D eigenvalue weighted by Gasteiger charge is 2.21. The Bertz CT molecular complexity index is 571. The van der Waals surface area contributed by atoms with Crippen LogP contribution in [0.3, 0.4) is 0 Å². The average Bonchev–Trinajstić information content (AvgIpc) is 2.85. The van der Waals surface area contributed by atoms with Crippen molar-refractivity contribution in [1.82, 2.24) is 5.32 Å². The number of ether oxygens (including phenoxy) is 1. The molecule has 0 bridgehead atoms. The molecule has 3 nitrogen and oxygen atoms in total. The summed E-state index contributed by atoms with van der Waals surface area (Å²) in [6.45, 7) is 5.45. The first-order valence-electron chi connectivity index (χ1n) is 6.56. The molecule has 1 heterocycles. The molecule has 108 valence electrons. The lowest BCUT2D eigenvalue weighted by Gasteiger charge is -2.19. The van der Waals surface area contributed by atoms with Crippen LogP contribution in [0.25, 0.3) is 0 Å². The van der Waals surface area contributed by atoms with E-state index in [1.807, 2.05) is 31.2 Å². The lowest BCUT2D eigenvalue weighted by molar-refractivity contribution is 0.330. The second-order valence-electron chi connectivity index (χ2n) is 4.25. The highest BCUT2D eigenvalue weighted by Crippen LogP contribution is 2.34. The zero-order valence-electron chi connectivity index (χ0n) is 11.5. The van der Waals surface area contributed by atoms with Crippen molar-refractivity contribution in [2.45, 2.75) is 19.9 Å². The van der Waals surface area contributed by atoms with Crippen molar-refractivity contribution in [3.05, 3.63) is 51.3 Å². The molecule has 5 heteroatoms. The van der Waals surface area contributed by atoms with Gasteiger partial charge in [0.2, 0.25) is 0 Å². The van der Waals surface area contributed by atoms with Crippen LogP contribution in [0.2, 0.25) is 5.22 Å². The van der Waals surface area contributed by atoms with E-state index in [1.165, 1.54) is 0 Å². The van der Waals surface area contributed by atoms with E-state index in [1.54, 1.807) is 6.07 Å². The monoisotopic (exact) mass is 357 g/mol. The highest BCUT2D eigenvalue weighted by molar-refractivity contribution is 9.10. The Morgan fingerprint density at radius 3 is 2.70 bits per heavy atom. The van der Waals surface area contributed by atoms with Crippen molar-refractivity contribution in [2.75, 3.05) is 13.2 Å². The van der Waals surface area contributed by atoms with Crippen molar-refractivity contribution in [3.8, 4) is 5.75 Å². The van der Waals surface area contributed by atoms with Crippen molar-refractivity contribution in [2.24, 2.45) is 0 Å². The maximum Gasteiger partial charge on any atom is 0.193 e. The number of halogens is 2. The van der Waals surface area contributed by atoms with Crippen molar-refractivity contribution in [1.29, 1.82) is 0 Å². The van der Waals surface area contributed by atoms with Crippen LogP contribution < -0.4 is 10.1 Å². The van der Waals surface area contributed by atoms with E-state index in [9.17, 15) is 0 Å². The van der Waals surface area contributed by atoms with Gasteiger partial charge in [-0.3, -0.25) is 0 Å². The van der Waals surface area contributed by atoms with Crippen molar-refractivity contribution >= 4 is 27.5 Å². The molecular weight excluding hydrogens is 342 g/mol. The second-order valence-corrected chi connectivity index (χ2v) is 5.54. The maximum atomic E-state index is 5.89. The first-order chi connectivity index (χ1) is 9.65. The SMILES string of the molecule is CCNC(c1ccc(Cl)o1)c1cc(Br)ccc1OCC. The minimum Gasteiger partial charge on any atom is -0.494 e. The molecule has 0 aliphatic carbocycles. The van der Waals surface area contributed by atoms with Crippen molar-refractivity contribution < 1.29 is 9.15 Å². The first kappa shape index (κ1) is 15.4. The third-order valence-electron chi connectivity index (χ3n) is 2.87. The average molecular weight is 359 g/mol. The van der Waals surface area contributed by atoms with E-state index in [0.717, 1.165) is 28.1 Å². The van der Waals surface area contributed by atoms with Crippen LogP contribution in [-0.4, -0.2) is 13.2 Å². The van der Waals surface area contributed by atoms with Gasteiger partial charge in [-0.1, -0.05) is 22.9 Å². The van der Waals surface area contributed by atoms with E-state index in [4.69, 9.17) is 20.8 Å². The molecule has 0 aliphatic heterocycles. The van der Waals surface area contributed by atoms with Gasteiger partial charge in [-0.2, -0.15) is 0 Å². The van der Waals surface area contributed by atoms with Crippen LogP contribution >= 0.6 is 27.5 Å². The van der Waals surface area contributed by atoms with Crippen LogP contribution in [0, 0.1) is 0 Å². The van der Waals surface area contributed by atoms with E-state index in [0.29, 0.717) is 11.8 Å². The molecule has 0 amide bonds. The first-order valence-corrected chi connectivity index (χ1v) is 7.73. The molecule has 1 aromatic heterocycles. The highest BCUT2D eigenvalue weighted by atomic mass is 79.9. The number of hydrogen-bond donors (Lipinski definition) is 1. The minimum absolute atomic E-state index is 0.0912. The topological polar surface area (TPSA) is 34.4 Å². The fraction of sp³-hybridized carbons (Fsp3) is 0.333. The van der Waals surface area contributed by atoms with Gasteiger partial charge in [-0.15, -0.1) is 0 Å². The molecule has 0 saturated carbocycles. The predicted molar refractivity (Wildman–Crippen MR) is 84.5 cm³/mol. The number of rotatable bonds is 6. The summed E-state index contributed by atoms with van der Waals surface area (Å²) < 4.78 is 12.3. The number of hydrogen-bond acceptors (Lipinski definition) is 3. The van der Waals surface area contributed by atoms with Gasteiger partial charge in [-0.05, 0) is 55.4 Å². The van der Waals surface area contributed by atoms with E-state index in [2.05, 4.69) is 28.2 Å². The van der Waals surface area contributed by atoms with Gasteiger partial charge in [-0.25, -0.2) is 0 Å². The molecule has 1 N–H and O–H groups in total. The quantitative estimate of drug-likeness (QED) is 0.806. The number of benzene rings is 1. The minimum atomic E-state index is -0.0912. The Kier molecular flexibility index (Phi) is 5.52. The van der Waals surface area contributed by atoms with Crippen LogP contribution in [-0.2, 0) is 0 Å². The molecular formula is C15H17BrClNO2. The zero-order chi connectivity index (χ0) is 14.5. The molecule has 20 heavy (non-hydrogen) atoms. The summed E-state index contributed by atoms with van der Waals surface area (Å²) in [4.78, 5) is 0. The van der Waals surface area contributed by atoms with Gasteiger partial charge in [0.25, 0.3) is 0 Å². The molecule has 1 atom stereocenters. The van der Waals surface area contributed by atoms with Gasteiger partial charge in [0.1, 0.15) is 11.5 Å². The second kappa shape index (κ2) is 7.16. The van der Waals surface area contributed by atoms with Crippen LogP contribution in [0.5, 0.6) is 5.75 Å². The van der Waals surface area contributed by atoms with Crippen LogP contribution in [0.4, 0.5) is 0 Å². The molecule has 0 saturated heterocycles. The summed E-state index contributed by atoms with van der Waals surface area (Å²) in [6.07, 6.45) is 0.